The van der Waals surface area contributed by atoms with Gasteiger partial charge in [0.1, 0.15) is 18.8 Å². The minimum atomic E-state index is -0.936. The maximum Gasteiger partial charge on any atom is 0.326 e. The maximum absolute atomic E-state index is 13.9. The molecule has 3 aromatic heterocycles. The number of unbranched alkanes of at least 4 members (excludes halogenated alkanes) is 1. The summed E-state index contributed by atoms with van der Waals surface area (Å²) in [5.41, 5.74) is 19.6. The zero-order valence-electron chi connectivity index (χ0n) is 45.0. The van der Waals surface area contributed by atoms with Crippen LogP contribution in [0.15, 0.2) is 49.4 Å². The molecule has 0 radical (unpaired) electrons. The number of allylic oxidation sites excluding steroid dienone is 3. The lowest BCUT2D eigenvalue weighted by atomic mass is 9.85. The number of Topliss-reactive ketones (excluding diaryl/α,β-unsaturated/α-hetero) is 1. The van der Waals surface area contributed by atoms with Crippen LogP contribution in [0.5, 0.6) is 0 Å². The second-order valence-electron chi connectivity index (χ2n) is 20.3. The quantitative estimate of drug-likeness (QED) is 0.0301. The van der Waals surface area contributed by atoms with Crippen LogP contribution >= 0.6 is 0 Å². The molecule has 17 nitrogen and oxygen atoms in total. The number of fused-ring (bicyclic) bond motifs is 8. The van der Waals surface area contributed by atoms with Crippen LogP contribution < -0.4 is 21.7 Å². The molecule has 0 saturated heterocycles. The lowest BCUT2D eigenvalue weighted by Gasteiger charge is -2.30. The number of rotatable bonds is 31. The van der Waals surface area contributed by atoms with E-state index in [0.717, 1.165) is 91.9 Å². The second kappa shape index (κ2) is 26.7. The normalized spacial score (nSPS) is 19.2. The molecule has 75 heavy (non-hydrogen) atoms. The molecular weight excluding hydrogens is 953 g/mol. The van der Waals surface area contributed by atoms with Crippen molar-refractivity contribution in [1.82, 2.24) is 35.9 Å². The van der Waals surface area contributed by atoms with E-state index in [2.05, 4.69) is 85.0 Å². The van der Waals surface area contributed by atoms with E-state index in [1.165, 1.54) is 5.57 Å². The summed E-state index contributed by atoms with van der Waals surface area (Å²) in [7, 11) is 0. The molecule has 17 heteroatoms. The highest BCUT2D eigenvalue weighted by molar-refractivity contribution is 6.13. The largest absolute Gasteiger partial charge is 0.494 e. The molecule has 6 heterocycles. The van der Waals surface area contributed by atoms with E-state index in [0.29, 0.717) is 103 Å². The number of aliphatic carboxylic acids is 1. The van der Waals surface area contributed by atoms with Crippen LogP contribution in [-0.2, 0) is 39.7 Å². The molecule has 1 aliphatic carbocycles. The van der Waals surface area contributed by atoms with Gasteiger partial charge >= 0.3 is 5.97 Å². The van der Waals surface area contributed by atoms with Crippen molar-refractivity contribution >= 4 is 56.9 Å². The average molecular weight is 1030 g/mol. The first-order valence-corrected chi connectivity index (χ1v) is 26.8. The van der Waals surface area contributed by atoms with Crippen molar-refractivity contribution in [1.29, 1.82) is 0 Å². The molecule has 1 amide bonds. The summed E-state index contributed by atoms with van der Waals surface area (Å²) in [5, 5.41) is 20.0. The van der Waals surface area contributed by atoms with Gasteiger partial charge in [0, 0.05) is 82.6 Å². The fraction of sp³-hybridized carbons (Fsp3) is 0.534. The van der Waals surface area contributed by atoms with Gasteiger partial charge in [0.25, 0.3) is 0 Å². The number of ether oxygens (including phenoxy) is 5. The van der Waals surface area contributed by atoms with E-state index >= 15 is 0 Å². The Morgan fingerprint density at radius 2 is 1.67 bits per heavy atom. The highest BCUT2D eigenvalue weighted by atomic mass is 16.5. The number of nitrogens with two attached hydrogens (primary N) is 1. The predicted octanol–water partition coefficient (Wildman–Crippen LogP) is 8.23. The number of carboxylic acid groups (broad SMARTS) is 1. The summed E-state index contributed by atoms with van der Waals surface area (Å²) in [4.78, 5) is 56.7. The van der Waals surface area contributed by atoms with E-state index in [-0.39, 0.29) is 49.3 Å². The Hall–Kier alpha value is -5.95. The van der Waals surface area contributed by atoms with Crippen molar-refractivity contribution in [3.8, 4) is 0 Å². The van der Waals surface area contributed by atoms with Gasteiger partial charge in [-0.3, -0.25) is 14.6 Å². The van der Waals surface area contributed by atoms with Gasteiger partial charge in [-0.15, -0.1) is 0 Å². The minimum Gasteiger partial charge on any atom is -0.494 e. The van der Waals surface area contributed by atoms with Crippen molar-refractivity contribution in [3.63, 3.8) is 0 Å². The molecule has 4 unspecified atom stereocenters. The number of carbonyl (C=O) groups excluding carboxylic acids is 2. The molecule has 0 spiro atoms. The van der Waals surface area contributed by atoms with Crippen LogP contribution in [0, 0.1) is 13.8 Å². The number of aromatic nitrogens is 4. The van der Waals surface area contributed by atoms with Crippen molar-refractivity contribution in [3.05, 3.63) is 100.0 Å². The molecule has 8 N–H and O–H groups in total. The van der Waals surface area contributed by atoms with Crippen molar-refractivity contribution in [2.24, 2.45) is 5.73 Å². The lowest BCUT2D eigenvalue weighted by molar-refractivity contribution is -0.139. The van der Waals surface area contributed by atoms with Gasteiger partial charge in [0.05, 0.1) is 67.4 Å². The van der Waals surface area contributed by atoms with Crippen LogP contribution in [0.1, 0.15) is 146 Å². The van der Waals surface area contributed by atoms with Gasteiger partial charge in [-0.05, 0) is 139 Å². The van der Waals surface area contributed by atoms with E-state index in [1.54, 1.807) is 6.26 Å². The number of carboxylic acids is 1. The van der Waals surface area contributed by atoms with Gasteiger partial charge in [0.15, 0.2) is 5.78 Å². The Kier molecular flexibility index (Phi) is 20.2. The van der Waals surface area contributed by atoms with E-state index in [4.69, 9.17) is 39.4 Å². The molecule has 3 aromatic rings. The maximum atomic E-state index is 13.9. The predicted molar refractivity (Wildman–Crippen MR) is 294 cm³/mol. The van der Waals surface area contributed by atoms with Crippen LogP contribution in [0.2, 0.25) is 0 Å². The van der Waals surface area contributed by atoms with Gasteiger partial charge in [-0.1, -0.05) is 33.1 Å². The van der Waals surface area contributed by atoms with Crippen LogP contribution in [0.3, 0.4) is 0 Å². The van der Waals surface area contributed by atoms with Gasteiger partial charge in [0.2, 0.25) is 5.91 Å². The summed E-state index contributed by atoms with van der Waals surface area (Å²) < 4.78 is 28.0. The summed E-state index contributed by atoms with van der Waals surface area (Å²) >= 11 is 0. The topological polar surface area (TPSA) is 237 Å². The number of nitrogens with one attached hydrogen (secondary N) is 5. The van der Waals surface area contributed by atoms with E-state index in [1.807, 2.05) is 26.0 Å². The summed E-state index contributed by atoms with van der Waals surface area (Å²) in [6, 6.07) is 5.49. The zero-order valence-corrected chi connectivity index (χ0v) is 45.0. The molecule has 0 saturated carbocycles. The molecule has 406 valence electrons. The van der Waals surface area contributed by atoms with E-state index < -0.39 is 17.6 Å². The molecule has 0 aromatic carbocycles. The molecule has 5 atom stereocenters. The van der Waals surface area contributed by atoms with Crippen LogP contribution in [0.4, 0.5) is 0 Å². The molecule has 7 rings (SSSR count). The van der Waals surface area contributed by atoms with Crippen molar-refractivity contribution in [2.45, 2.75) is 129 Å². The third-order valence-electron chi connectivity index (χ3n) is 15.1. The van der Waals surface area contributed by atoms with Gasteiger partial charge in [-0.2, -0.15) is 0 Å². The third kappa shape index (κ3) is 13.9. The number of carbonyl (C=O) groups is 3. The Morgan fingerprint density at radius 3 is 2.39 bits per heavy atom. The third-order valence-corrected chi connectivity index (χ3v) is 15.1. The molecule has 0 fully saturated rings. The minimum absolute atomic E-state index is 0.00914. The number of nitrogens with zero attached hydrogens (tertiary/aromatic N) is 2. The van der Waals surface area contributed by atoms with Gasteiger partial charge in [-0.25, -0.2) is 9.78 Å². The first kappa shape index (κ1) is 56.8. The SMILES string of the molecule is C=Cc1c(C)c2cc3nc(c4c5[nH]c(cc6nc(cc1[nH]2)C(C)=C6CC)c(C)c5C(=O)C4)C(CCC(=C)NC(CCCCNC1(C)C=COC1COCC(=O)NCCCOCCOCCOCCCN)C(=O)O)[C@@H]3C. The number of amides is 1. The highest BCUT2D eigenvalue weighted by Crippen LogP contribution is 2.45. The monoisotopic (exact) mass is 1030 g/mol. The Morgan fingerprint density at radius 1 is 0.947 bits per heavy atom. The van der Waals surface area contributed by atoms with Crippen LogP contribution in [0.25, 0.3) is 39.3 Å². The first-order chi connectivity index (χ1) is 36.2. The first-order valence-electron chi connectivity index (χ1n) is 26.8. The Balaban J connectivity index is 0.904. The summed E-state index contributed by atoms with van der Waals surface area (Å²) in [6.45, 7) is 26.0. The molecule has 3 aliphatic heterocycles. The zero-order chi connectivity index (χ0) is 53.6. The highest BCUT2D eigenvalue weighted by Gasteiger charge is 2.38. The van der Waals surface area contributed by atoms with Crippen molar-refractivity contribution in [2.75, 3.05) is 72.5 Å². The fourth-order valence-corrected chi connectivity index (χ4v) is 10.5. The summed E-state index contributed by atoms with van der Waals surface area (Å²) in [6.07, 6.45) is 10.7. The number of aromatic amines is 2. The summed E-state index contributed by atoms with van der Waals surface area (Å²) in [5.74, 6) is -1.15. The number of ketones is 1. The number of H-pyrrole nitrogens is 2. The standard InChI is InChI=1S/C58H80N8O9/c1-9-40-36(4)45-30-47-38(6)42(55(65-47)43-29-51(67)54-39(7)48(66-56(43)54)32-50-41(10-2)37(5)46(64-50)31-49(40)63-45)17-16-35(3)62-44(57(69)70)15-11-12-21-61-58(8)18-24-75-52(58)33-74-34-53(68)60-20-14-23-72-26-28-73-27-25-71-22-13-19-59/h9,18,24,30-32,38,42,44,52,61-63,66H,1,3,10-17,19-23,25-29,33-34,59H2,2,4-8H3,(H,60,68)(H,69,70)/t38-,42?,44?,52?,58?/m0/s1. The fourth-order valence-electron chi connectivity index (χ4n) is 10.5. The second-order valence-corrected chi connectivity index (χ2v) is 20.3. The number of hydrogen-bond donors (Lipinski definition) is 7. The molecule has 8 bridgehead atoms. The van der Waals surface area contributed by atoms with Crippen molar-refractivity contribution < 1.29 is 43.2 Å². The van der Waals surface area contributed by atoms with E-state index in [9.17, 15) is 19.5 Å². The number of aryl methyl sites for hydroxylation is 2. The van der Waals surface area contributed by atoms with Crippen LogP contribution in [-0.4, -0.2) is 133 Å². The molecular formula is C58H80N8O9. The lowest BCUT2D eigenvalue weighted by Crippen LogP contribution is -2.51. The smallest absolute Gasteiger partial charge is 0.326 e. The Bertz CT molecular complexity index is 2790. The number of hydrogen-bond acceptors (Lipinski definition) is 13. The van der Waals surface area contributed by atoms with Gasteiger partial charge < -0.3 is 60.4 Å². The Labute approximate surface area is 441 Å². The average Bonchev–Trinajstić information content (AvgIpc) is 4.21. The molecule has 4 aliphatic rings.